The highest BCUT2D eigenvalue weighted by Gasteiger charge is 2.67. The predicted molar refractivity (Wildman–Crippen MR) is 83.9 cm³/mol. The Morgan fingerprint density at radius 1 is 1.43 bits per heavy atom. The first-order valence-corrected chi connectivity index (χ1v) is 7.98. The zero-order valence-electron chi connectivity index (χ0n) is 13.2. The van der Waals surface area contributed by atoms with Crippen LogP contribution in [0.25, 0.3) is 0 Å². The number of amides is 1. The number of anilines is 1. The van der Waals surface area contributed by atoms with Gasteiger partial charge in [-0.1, -0.05) is 30.4 Å². The molecule has 23 heavy (non-hydrogen) atoms. The van der Waals surface area contributed by atoms with Gasteiger partial charge in [0, 0.05) is 5.69 Å². The van der Waals surface area contributed by atoms with E-state index in [9.17, 15) is 9.59 Å². The van der Waals surface area contributed by atoms with E-state index in [0.717, 1.165) is 11.3 Å². The number of para-hydroxylation sites is 1. The maximum Gasteiger partial charge on any atom is 0.312 e. The normalized spacial score (nSPS) is 34.1. The van der Waals surface area contributed by atoms with Crippen LogP contribution in [0.4, 0.5) is 5.69 Å². The summed E-state index contributed by atoms with van der Waals surface area (Å²) < 4.78 is 11.2. The highest BCUT2D eigenvalue weighted by atomic mass is 16.6. The van der Waals surface area contributed by atoms with Crippen LogP contribution in [-0.2, 0) is 19.1 Å². The molecule has 0 N–H and O–H groups in total. The second-order valence-corrected chi connectivity index (χ2v) is 6.36. The molecule has 4 atom stereocenters. The molecule has 4 rings (SSSR count). The molecule has 2 bridgehead atoms. The van der Waals surface area contributed by atoms with Gasteiger partial charge >= 0.3 is 5.97 Å². The fourth-order valence-corrected chi connectivity index (χ4v) is 4.08. The molecule has 3 aliphatic rings. The van der Waals surface area contributed by atoms with Crippen molar-refractivity contribution in [2.24, 2.45) is 11.8 Å². The molecule has 5 heteroatoms. The zero-order chi connectivity index (χ0) is 16.2. The Hall–Kier alpha value is -2.14. The monoisotopic (exact) mass is 313 g/mol. The second kappa shape index (κ2) is 4.93. The van der Waals surface area contributed by atoms with Gasteiger partial charge in [-0.05, 0) is 25.5 Å². The second-order valence-electron chi connectivity index (χ2n) is 6.36. The van der Waals surface area contributed by atoms with Crippen LogP contribution in [0.2, 0.25) is 0 Å². The number of aryl methyl sites for hydroxylation is 1. The van der Waals surface area contributed by atoms with Gasteiger partial charge in [0.1, 0.15) is 11.5 Å². The van der Waals surface area contributed by atoms with Crippen LogP contribution >= 0.6 is 0 Å². The van der Waals surface area contributed by atoms with E-state index in [4.69, 9.17) is 9.47 Å². The van der Waals surface area contributed by atoms with Gasteiger partial charge in [0.2, 0.25) is 5.91 Å². The number of ether oxygens (including phenoxy) is 2. The summed E-state index contributed by atoms with van der Waals surface area (Å²) >= 11 is 0. The van der Waals surface area contributed by atoms with Gasteiger partial charge in [0.15, 0.2) is 0 Å². The molecule has 1 aromatic rings. The van der Waals surface area contributed by atoms with Gasteiger partial charge in [0.05, 0.1) is 25.2 Å². The molecule has 120 valence electrons. The van der Waals surface area contributed by atoms with Gasteiger partial charge in [-0.25, -0.2) is 0 Å². The van der Waals surface area contributed by atoms with Crippen molar-refractivity contribution in [3.05, 3.63) is 42.0 Å². The van der Waals surface area contributed by atoms with Crippen LogP contribution in [0.5, 0.6) is 0 Å². The van der Waals surface area contributed by atoms with Gasteiger partial charge in [0.25, 0.3) is 0 Å². The predicted octanol–water partition coefficient (Wildman–Crippen LogP) is 1.84. The minimum Gasteiger partial charge on any atom is -0.466 e. The summed E-state index contributed by atoms with van der Waals surface area (Å²) in [7, 11) is 0. The molecule has 3 aliphatic heterocycles. The standard InChI is InChI=1S/C18H19NO4/c1-3-22-17(21)14-13-8-9-18(23-13)10-19(16(20)15(14)18)12-7-5-4-6-11(12)2/h4-9,13-15H,3,10H2,1-2H3/t13-,14-,15-,18-/m1/s1. The van der Waals surface area contributed by atoms with Crippen molar-refractivity contribution in [2.45, 2.75) is 25.6 Å². The molecule has 2 fully saturated rings. The maximum atomic E-state index is 13.0. The highest BCUT2D eigenvalue weighted by Crippen LogP contribution is 2.53. The van der Waals surface area contributed by atoms with Gasteiger partial charge in [-0.15, -0.1) is 0 Å². The van der Waals surface area contributed by atoms with E-state index in [1.54, 1.807) is 11.8 Å². The van der Waals surface area contributed by atoms with Gasteiger partial charge < -0.3 is 14.4 Å². The molecule has 5 nitrogen and oxygen atoms in total. The molecule has 0 aromatic heterocycles. The zero-order valence-corrected chi connectivity index (χ0v) is 13.2. The molecule has 0 radical (unpaired) electrons. The Balaban J connectivity index is 1.71. The fourth-order valence-electron chi connectivity index (χ4n) is 4.08. The largest absolute Gasteiger partial charge is 0.466 e. The Bertz CT molecular complexity index is 713. The average Bonchev–Trinajstić information content (AvgIpc) is 3.16. The third kappa shape index (κ3) is 1.89. The minimum absolute atomic E-state index is 0.0517. The van der Waals surface area contributed by atoms with E-state index < -0.39 is 17.4 Å². The average molecular weight is 313 g/mol. The van der Waals surface area contributed by atoms with E-state index in [1.165, 1.54) is 0 Å². The minimum atomic E-state index is -0.693. The molecule has 1 aromatic carbocycles. The Morgan fingerprint density at radius 3 is 2.96 bits per heavy atom. The first-order chi connectivity index (χ1) is 11.1. The first-order valence-electron chi connectivity index (χ1n) is 7.98. The summed E-state index contributed by atoms with van der Waals surface area (Å²) in [6, 6.07) is 7.77. The third-order valence-electron chi connectivity index (χ3n) is 5.07. The number of hydrogen-bond donors (Lipinski definition) is 0. The number of fused-ring (bicyclic) bond motifs is 1. The molecule has 3 heterocycles. The Labute approximate surface area is 134 Å². The summed E-state index contributed by atoms with van der Waals surface area (Å²) in [6.07, 6.45) is 3.50. The summed E-state index contributed by atoms with van der Waals surface area (Å²) in [6.45, 7) is 4.50. The Morgan fingerprint density at radius 2 is 2.22 bits per heavy atom. The van der Waals surface area contributed by atoms with Crippen molar-refractivity contribution in [1.29, 1.82) is 0 Å². The third-order valence-corrected chi connectivity index (χ3v) is 5.07. The van der Waals surface area contributed by atoms with Crippen LogP contribution < -0.4 is 4.90 Å². The van der Waals surface area contributed by atoms with E-state index in [0.29, 0.717) is 13.2 Å². The summed E-state index contributed by atoms with van der Waals surface area (Å²) in [5.41, 5.74) is 1.22. The number of rotatable bonds is 3. The van der Waals surface area contributed by atoms with Crippen LogP contribution in [0.3, 0.4) is 0 Å². The van der Waals surface area contributed by atoms with E-state index in [-0.39, 0.29) is 18.0 Å². The van der Waals surface area contributed by atoms with Crippen LogP contribution in [-0.4, -0.2) is 36.7 Å². The van der Waals surface area contributed by atoms with Crippen LogP contribution in [0.15, 0.2) is 36.4 Å². The lowest BCUT2D eigenvalue weighted by molar-refractivity contribution is -0.151. The molecule has 2 saturated heterocycles. The van der Waals surface area contributed by atoms with Crippen molar-refractivity contribution < 1.29 is 19.1 Å². The van der Waals surface area contributed by atoms with Crippen molar-refractivity contribution in [1.82, 2.24) is 0 Å². The maximum absolute atomic E-state index is 13.0. The smallest absolute Gasteiger partial charge is 0.312 e. The number of hydrogen-bond acceptors (Lipinski definition) is 4. The molecule has 0 unspecified atom stereocenters. The molecular weight excluding hydrogens is 294 g/mol. The summed E-state index contributed by atoms with van der Waals surface area (Å²) in [5.74, 6) is -1.42. The highest BCUT2D eigenvalue weighted by molar-refractivity contribution is 6.03. The lowest BCUT2D eigenvalue weighted by Gasteiger charge is -2.22. The van der Waals surface area contributed by atoms with Gasteiger partial charge in [-0.2, -0.15) is 0 Å². The number of carbonyl (C=O) groups is 2. The van der Waals surface area contributed by atoms with Crippen molar-refractivity contribution >= 4 is 17.6 Å². The number of carbonyl (C=O) groups excluding carboxylic acids is 2. The van der Waals surface area contributed by atoms with Crippen LogP contribution in [0.1, 0.15) is 12.5 Å². The first kappa shape index (κ1) is 14.5. The van der Waals surface area contributed by atoms with Gasteiger partial charge in [-0.3, -0.25) is 9.59 Å². The molecule has 1 amide bonds. The van der Waals surface area contributed by atoms with E-state index in [2.05, 4.69) is 0 Å². The fraction of sp³-hybridized carbons (Fsp3) is 0.444. The molecule has 1 spiro atoms. The number of nitrogens with zero attached hydrogens (tertiary/aromatic N) is 1. The summed E-state index contributed by atoms with van der Waals surface area (Å²) in [5, 5.41) is 0. The Kier molecular flexibility index (Phi) is 3.10. The quantitative estimate of drug-likeness (QED) is 0.631. The number of benzene rings is 1. The van der Waals surface area contributed by atoms with Crippen molar-refractivity contribution in [3.63, 3.8) is 0 Å². The van der Waals surface area contributed by atoms with Crippen molar-refractivity contribution in [2.75, 3.05) is 18.1 Å². The van der Waals surface area contributed by atoms with Crippen molar-refractivity contribution in [3.8, 4) is 0 Å². The lowest BCUT2D eigenvalue weighted by Crippen LogP contribution is -2.40. The van der Waals surface area contributed by atoms with E-state index >= 15 is 0 Å². The molecule has 0 aliphatic carbocycles. The summed E-state index contributed by atoms with van der Waals surface area (Å²) in [4.78, 5) is 27.1. The lowest BCUT2D eigenvalue weighted by atomic mass is 9.77. The molecule has 0 saturated carbocycles. The topological polar surface area (TPSA) is 55.8 Å². The van der Waals surface area contributed by atoms with Crippen LogP contribution in [0, 0.1) is 18.8 Å². The number of esters is 1. The SMILES string of the molecule is CCOC(=O)[C@@H]1[C@H]2C=C[C@]3(CN(c4ccccc4C)C(=O)[C@@H]13)O2. The molecular formula is C18H19NO4. The van der Waals surface area contributed by atoms with E-state index in [1.807, 2.05) is 43.3 Å².